The maximum Gasteiger partial charge on any atom is 0.255 e. The zero-order valence-corrected chi connectivity index (χ0v) is 19.7. The van der Waals surface area contributed by atoms with Crippen LogP contribution in [0.25, 0.3) is 33.4 Å². The maximum atomic E-state index is 13.4. The van der Waals surface area contributed by atoms with Gasteiger partial charge in [-0.1, -0.05) is 39.0 Å². The molecule has 0 unspecified atom stereocenters. The molecule has 0 atom stereocenters. The number of halogens is 1. The van der Waals surface area contributed by atoms with Gasteiger partial charge in [-0.15, -0.1) is 0 Å². The third-order valence-electron chi connectivity index (χ3n) is 5.49. The SMILES string of the molecule is CNC(=O)c1c(-c2ccc(F)cc2)oc2ccc(-c3cccc(C(=O)NCC(C)(C)C)c3)cc12. The summed E-state index contributed by atoms with van der Waals surface area (Å²) < 4.78 is 19.4. The van der Waals surface area contributed by atoms with Crippen molar-refractivity contribution in [2.24, 2.45) is 5.41 Å². The number of fused-ring (bicyclic) bond motifs is 1. The van der Waals surface area contributed by atoms with Crippen LogP contribution in [0.1, 0.15) is 41.5 Å². The van der Waals surface area contributed by atoms with Gasteiger partial charge in [0, 0.05) is 30.1 Å². The highest BCUT2D eigenvalue weighted by Crippen LogP contribution is 2.36. The Morgan fingerprint density at radius 2 is 1.56 bits per heavy atom. The van der Waals surface area contributed by atoms with Crippen molar-refractivity contribution < 1.29 is 18.4 Å². The zero-order chi connectivity index (χ0) is 24.5. The molecule has 0 aliphatic heterocycles. The monoisotopic (exact) mass is 458 g/mol. The lowest BCUT2D eigenvalue weighted by Crippen LogP contribution is -2.32. The van der Waals surface area contributed by atoms with Crippen LogP contribution in [0, 0.1) is 11.2 Å². The fourth-order valence-electron chi connectivity index (χ4n) is 3.72. The average molecular weight is 459 g/mol. The van der Waals surface area contributed by atoms with Gasteiger partial charge in [-0.3, -0.25) is 9.59 Å². The Kier molecular flexibility index (Phi) is 6.24. The molecule has 3 aromatic carbocycles. The number of carbonyl (C=O) groups is 2. The molecule has 0 bridgehead atoms. The maximum absolute atomic E-state index is 13.4. The highest BCUT2D eigenvalue weighted by Gasteiger charge is 2.22. The number of amides is 2. The molecule has 5 nitrogen and oxygen atoms in total. The van der Waals surface area contributed by atoms with Gasteiger partial charge in [-0.2, -0.15) is 0 Å². The average Bonchev–Trinajstić information content (AvgIpc) is 3.21. The standard InChI is InChI=1S/C28H27FN2O3/c1-28(2,3)16-31-26(32)20-7-5-6-18(14-20)19-10-13-23-22(15-19)24(27(33)30-4)25(34-23)17-8-11-21(29)12-9-17/h5-15H,16H2,1-4H3,(H,30,33)(H,31,32). The third-order valence-corrected chi connectivity index (χ3v) is 5.49. The molecule has 2 amide bonds. The van der Waals surface area contributed by atoms with E-state index in [2.05, 4.69) is 31.4 Å². The predicted octanol–water partition coefficient (Wildman–Crippen LogP) is 6.04. The van der Waals surface area contributed by atoms with Gasteiger partial charge in [0.25, 0.3) is 11.8 Å². The van der Waals surface area contributed by atoms with Gasteiger partial charge in [-0.25, -0.2) is 4.39 Å². The Morgan fingerprint density at radius 1 is 0.882 bits per heavy atom. The molecule has 4 rings (SSSR count). The van der Waals surface area contributed by atoms with E-state index in [9.17, 15) is 14.0 Å². The Morgan fingerprint density at radius 3 is 2.24 bits per heavy atom. The van der Waals surface area contributed by atoms with Crippen molar-refractivity contribution in [3.63, 3.8) is 0 Å². The Labute approximate surface area is 198 Å². The van der Waals surface area contributed by atoms with E-state index in [1.54, 1.807) is 31.3 Å². The van der Waals surface area contributed by atoms with Crippen LogP contribution in [0.2, 0.25) is 0 Å². The van der Waals surface area contributed by atoms with Crippen molar-refractivity contribution in [2.45, 2.75) is 20.8 Å². The van der Waals surface area contributed by atoms with Crippen LogP contribution >= 0.6 is 0 Å². The van der Waals surface area contributed by atoms with E-state index in [-0.39, 0.29) is 23.0 Å². The highest BCUT2D eigenvalue weighted by atomic mass is 19.1. The molecule has 0 saturated carbocycles. The van der Waals surface area contributed by atoms with Crippen molar-refractivity contribution in [1.82, 2.24) is 10.6 Å². The van der Waals surface area contributed by atoms with E-state index in [1.807, 2.05) is 30.3 Å². The number of nitrogens with one attached hydrogen (secondary N) is 2. The van der Waals surface area contributed by atoms with E-state index in [0.717, 1.165) is 11.1 Å². The lowest BCUT2D eigenvalue weighted by atomic mass is 9.96. The number of rotatable bonds is 5. The first-order chi connectivity index (χ1) is 16.2. The van der Waals surface area contributed by atoms with Gasteiger partial charge in [0.15, 0.2) is 0 Å². The summed E-state index contributed by atoms with van der Waals surface area (Å²) in [7, 11) is 1.55. The molecule has 0 spiro atoms. The molecule has 0 aliphatic rings. The number of carbonyl (C=O) groups excluding carboxylic acids is 2. The summed E-state index contributed by atoms with van der Waals surface area (Å²) in [4.78, 5) is 25.4. The van der Waals surface area contributed by atoms with Gasteiger partial charge in [-0.05, 0) is 65.1 Å². The molecule has 0 aliphatic carbocycles. The minimum atomic E-state index is -0.366. The second-order valence-corrected chi connectivity index (χ2v) is 9.43. The highest BCUT2D eigenvalue weighted by molar-refractivity contribution is 6.11. The van der Waals surface area contributed by atoms with Crippen LogP contribution in [0.15, 0.2) is 71.1 Å². The van der Waals surface area contributed by atoms with Crippen molar-refractivity contribution in [3.05, 3.63) is 83.7 Å². The Bertz CT molecular complexity index is 1360. The minimum absolute atomic E-state index is 0.0158. The first kappa shape index (κ1) is 23.2. The van der Waals surface area contributed by atoms with Crippen molar-refractivity contribution in [2.75, 3.05) is 13.6 Å². The topological polar surface area (TPSA) is 71.3 Å². The van der Waals surface area contributed by atoms with Gasteiger partial charge >= 0.3 is 0 Å². The summed E-state index contributed by atoms with van der Waals surface area (Å²) in [6, 6.07) is 18.8. The summed E-state index contributed by atoms with van der Waals surface area (Å²) in [6.07, 6.45) is 0. The largest absolute Gasteiger partial charge is 0.455 e. The zero-order valence-electron chi connectivity index (χ0n) is 19.7. The molecule has 4 aromatic rings. The molecular weight excluding hydrogens is 431 g/mol. The molecule has 2 N–H and O–H groups in total. The molecule has 1 aromatic heterocycles. The van der Waals surface area contributed by atoms with E-state index in [0.29, 0.717) is 40.0 Å². The summed E-state index contributed by atoms with van der Waals surface area (Å²) in [6.45, 7) is 6.76. The molecule has 174 valence electrons. The smallest absolute Gasteiger partial charge is 0.255 e. The van der Waals surface area contributed by atoms with Gasteiger partial charge in [0.1, 0.15) is 17.2 Å². The van der Waals surface area contributed by atoms with Crippen LogP contribution < -0.4 is 10.6 Å². The lowest BCUT2D eigenvalue weighted by molar-refractivity contribution is 0.0937. The van der Waals surface area contributed by atoms with E-state index in [4.69, 9.17) is 4.42 Å². The van der Waals surface area contributed by atoms with Gasteiger partial charge in [0.05, 0.1) is 5.56 Å². The van der Waals surface area contributed by atoms with E-state index < -0.39 is 0 Å². The minimum Gasteiger partial charge on any atom is -0.455 e. The summed E-state index contributed by atoms with van der Waals surface area (Å²) in [5.41, 5.74) is 3.76. The Hall–Kier alpha value is -3.93. The van der Waals surface area contributed by atoms with Crippen molar-refractivity contribution in [3.8, 4) is 22.5 Å². The molecule has 0 saturated heterocycles. The van der Waals surface area contributed by atoms with Crippen LogP contribution in [-0.2, 0) is 0 Å². The predicted molar refractivity (Wildman–Crippen MR) is 132 cm³/mol. The number of hydrogen-bond donors (Lipinski definition) is 2. The molecular formula is C28H27FN2O3. The normalized spacial score (nSPS) is 11.4. The molecule has 1 heterocycles. The molecule has 0 fully saturated rings. The quantitative estimate of drug-likeness (QED) is 0.383. The Balaban J connectivity index is 1.76. The van der Waals surface area contributed by atoms with Gasteiger partial charge < -0.3 is 15.1 Å². The molecule has 34 heavy (non-hydrogen) atoms. The lowest BCUT2D eigenvalue weighted by Gasteiger charge is -2.18. The van der Waals surface area contributed by atoms with Crippen LogP contribution in [-0.4, -0.2) is 25.4 Å². The second-order valence-electron chi connectivity index (χ2n) is 9.43. The van der Waals surface area contributed by atoms with Gasteiger partial charge in [0.2, 0.25) is 0 Å². The summed E-state index contributed by atoms with van der Waals surface area (Å²) in [5.74, 6) is -0.423. The fraction of sp³-hybridized carbons (Fsp3) is 0.214. The first-order valence-electron chi connectivity index (χ1n) is 11.1. The molecule has 0 radical (unpaired) electrons. The fourth-order valence-corrected chi connectivity index (χ4v) is 3.72. The van der Waals surface area contributed by atoms with Crippen LogP contribution in [0.3, 0.4) is 0 Å². The number of hydrogen-bond acceptors (Lipinski definition) is 3. The van der Waals surface area contributed by atoms with Crippen LogP contribution in [0.5, 0.6) is 0 Å². The van der Waals surface area contributed by atoms with Crippen LogP contribution in [0.4, 0.5) is 4.39 Å². The second kappa shape index (κ2) is 9.14. The van der Waals surface area contributed by atoms with E-state index in [1.165, 1.54) is 12.1 Å². The summed E-state index contributed by atoms with van der Waals surface area (Å²) in [5, 5.41) is 6.27. The molecule has 6 heteroatoms. The number of furan rings is 1. The van der Waals surface area contributed by atoms with Crippen molar-refractivity contribution >= 4 is 22.8 Å². The van der Waals surface area contributed by atoms with E-state index >= 15 is 0 Å². The van der Waals surface area contributed by atoms with Crippen molar-refractivity contribution in [1.29, 1.82) is 0 Å². The number of benzene rings is 3. The first-order valence-corrected chi connectivity index (χ1v) is 11.1. The third kappa shape index (κ3) is 4.86. The summed E-state index contributed by atoms with van der Waals surface area (Å²) >= 11 is 0.